The lowest BCUT2D eigenvalue weighted by molar-refractivity contribution is -0.189. The number of hydrogen-bond acceptors (Lipinski definition) is 2. The van der Waals surface area contributed by atoms with Crippen LogP contribution in [0.25, 0.3) is 0 Å². The van der Waals surface area contributed by atoms with Gasteiger partial charge in [0.25, 0.3) is 0 Å². The molecule has 0 bridgehead atoms. The Bertz CT molecular complexity index is 366. The van der Waals surface area contributed by atoms with Crippen LogP contribution in [0.1, 0.15) is 11.7 Å². The SMILES string of the molecule is Cn1cccc1[C@@H](N1CCNCC1)C(F)(F)F. The van der Waals surface area contributed by atoms with Gasteiger partial charge in [-0.2, -0.15) is 13.2 Å². The molecule has 0 unspecified atom stereocenters. The predicted molar refractivity (Wildman–Crippen MR) is 58.7 cm³/mol. The molecule has 1 aliphatic heterocycles. The summed E-state index contributed by atoms with van der Waals surface area (Å²) in [5.41, 5.74) is 0.305. The second-order valence-corrected chi connectivity index (χ2v) is 4.27. The normalized spacial score (nSPS) is 20.5. The highest BCUT2D eigenvalue weighted by Gasteiger charge is 2.45. The zero-order chi connectivity index (χ0) is 12.5. The van der Waals surface area contributed by atoms with Gasteiger partial charge in [0.2, 0.25) is 0 Å². The minimum Gasteiger partial charge on any atom is -0.353 e. The fourth-order valence-corrected chi connectivity index (χ4v) is 2.26. The van der Waals surface area contributed by atoms with Crippen LogP contribution >= 0.6 is 0 Å². The van der Waals surface area contributed by atoms with Crippen molar-refractivity contribution < 1.29 is 13.2 Å². The van der Waals surface area contributed by atoms with Crippen LogP contribution in [-0.2, 0) is 7.05 Å². The Hall–Kier alpha value is -1.01. The molecule has 96 valence electrons. The number of aromatic nitrogens is 1. The van der Waals surface area contributed by atoms with E-state index in [2.05, 4.69) is 5.32 Å². The first-order valence-corrected chi connectivity index (χ1v) is 5.63. The summed E-state index contributed by atoms with van der Waals surface area (Å²) < 4.78 is 41.1. The molecule has 0 saturated carbocycles. The Labute approximate surface area is 98.2 Å². The van der Waals surface area contributed by atoms with Crippen LogP contribution < -0.4 is 5.32 Å². The van der Waals surface area contributed by atoms with Gasteiger partial charge < -0.3 is 9.88 Å². The lowest BCUT2D eigenvalue weighted by atomic mass is 10.1. The highest BCUT2D eigenvalue weighted by Crippen LogP contribution is 2.37. The van der Waals surface area contributed by atoms with Crippen molar-refractivity contribution in [3.63, 3.8) is 0 Å². The largest absolute Gasteiger partial charge is 0.409 e. The first kappa shape index (κ1) is 12.4. The smallest absolute Gasteiger partial charge is 0.353 e. The van der Waals surface area contributed by atoms with E-state index in [-0.39, 0.29) is 0 Å². The maximum absolute atomic E-state index is 13.2. The molecule has 6 heteroatoms. The van der Waals surface area contributed by atoms with E-state index in [0.29, 0.717) is 31.9 Å². The molecule has 1 aliphatic rings. The summed E-state index contributed by atoms with van der Waals surface area (Å²) in [7, 11) is 1.65. The summed E-state index contributed by atoms with van der Waals surface area (Å²) >= 11 is 0. The molecule has 0 aromatic carbocycles. The number of piperazine rings is 1. The van der Waals surface area contributed by atoms with Crippen LogP contribution in [0.3, 0.4) is 0 Å². The zero-order valence-electron chi connectivity index (χ0n) is 9.67. The van der Waals surface area contributed by atoms with E-state index in [0.717, 1.165) is 0 Å². The molecule has 1 saturated heterocycles. The maximum atomic E-state index is 13.2. The Balaban J connectivity index is 2.28. The summed E-state index contributed by atoms with van der Waals surface area (Å²) in [6.07, 6.45) is -2.58. The number of nitrogens with one attached hydrogen (secondary N) is 1. The van der Waals surface area contributed by atoms with Crippen LogP contribution in [0.5, 0.6) is 0 Å². The fourth-order valence-electron chi connectivity index (χ4n) is 2.26. The van der Waals surface area contributed by atoms with E-state index in [4.69, 9.17) is 0 Å². The molecule has 0 radical (unpaired) electrons. The van der Waals surface area contributed by atoms with Gasteiger partial charge in [-0.25, -0.2) is 0 Å². The first-order valence-electron chi connectivity index (χ1n) is 5.63. The number of aryl methyl sites for hydroxylation is 1. The predicted octanol–water partition coefficient (Wildman–Crippen LogP) is 1.53. The molecule has 1 aromatic heterocycles. The molecule has 0 amide bonds. The minimum absolute atomic E-state index is 0.305. The molecule has 1 atom stereocenters. The van der Waals surface area contributed by atoms with Gasteiger partial charge >= 0.3 is 6.18 Å². The Morgan fingerprint density at radius 3 is 2.41 bits per heavy atom. The minimum atomic E-state index is -4.23. The molecule has 2 rings (SSSR count). The molecule has 17 heavy (non-hydrogen) atoms. The molecule has 2 heterocycles. The Morgan fingerprint density at radius 2 is 1.94 bits per heavy atom. The van der Waals surface area contributed by atoms with Crippen molar-refractivity contribution in [2.75, 3.05) is 26.2 Å². The molecule has 1 fully saturated rings. The van der Waals surface area contributed by atoms with Gasteiger partial charge in [0.15, 0.2) is 0 Å². The van der Waals surface area contributed by atoms with E-state index in [9.17, 15) is 13.2 Å². The van der Waals surface area contributed by atoms with Crippen LogP contribution in [-0.4, -0.2) is 41.8 Å². The van der Waals surface area contributed by atoms with Gasteiger partial charge in [0.05, 0.1) is 0 Å². The van der Waals surface area contributed by atoms with Gasteiger partial charge in [-0.1, -0.05) is 0 Å². The van der Waals surface area contributed by atoms with Gasteiger partial charge in [-0.3, -0.25) is 4.90 Å². The van der Waals surface area contributed by atoms with Crippen molar-refractivity contribution >= 4 is 0 Å². The number of rotatable bonds is 2. The Kier molecular flexibility index (Phi) is 3.44. The van der Waals surface area contributed by atoms with Crippen molar-refractivity contribution in [2.24, 2.45) is 7.05 Å². The molecule has 0 aliphatic carbocycles. The summed E-state index contributed by atoms with van der Waals surface area (Å²) in [5, 5.41) is 3.07. The van der Waals surface area contributed by atoms with E-state index >= 15 is 0 Å². The average Bonchev–Trinajstić information content (AvgIpc) is 2.65. The monoisotopic (exact) mass is 247 g/mol. The van der Waals surface area contributed by atoms with Gasteiger partial charge in [-0.05, 0) is 12.1 Å². The van der Waals surface area contributed by atoms with Crippen LogP contribution in [0.4, 0.5) is 13.2 Å². The Morgan fingerprint density at radius 1 is 1.29 bits per heavy atom. The highest BCUT2D eigenvalue weighted by atomic mass is 19.4. The zero-order valence-corrected chi connectivity index (χ0v) is 9.67. The molecule has 1 aromatic rings. The average molecular weight is 247 g/mol. The number of hydrogen-bond donors (Lipinski definition) is 1. The molecule has 3 nitrogen and oxygen atoms in total. The summed E-state index contributed by atoms with van der Waals surface area (Å²) in [4.78, 5) is 1.49. The van der Waals surface area contributed by atoms with Crippen molar-refractivity contribution in [2.45, 2.75) is 12.2 Å². The summed E-state index contributed by atoms with van der Waals surface area (Å²) in [6, 6.07) is 1.70. The quantitative estimate of drug-likeness (QED) is 0.855. The number of nitrogens with zero attached hydrogens (tertiary/aromatic N) is 2. The second kappa shape index (κ2) is 4.70. The van der Waals surface area contributed by atoms with Crippen LogP contribution in [0, 0.1) is 0 Å². The third-order valence-corrected chi connectivity index (χ3v) is 3.09. The van der Waals surface area contributed by atoms with Crippen molar-refractivity contribution in [1.29, 1.82) is 0 Å². The fraction of sp³-hybridized carbons (Fsp3) is 0.636. The highest BCUT2D eigenvalue weighted by molar-refractivity contribution is 5.14. The van der Waals surface area contributed by atoms with Gasteiger partial charge in [0.1, 0.15) is 6.04 Å². The molecule has 0 spiro atoms. The van der Waals surface area contributed by atoms with E-state index in [1.54, 1.807) is 29.9 Å². The lowest BCUT2D eigenvalue weighted by Crippen LogP contribution is -2.49. The van der Waals surface area contributed by atoms with E-state index in [1.165, 1.54) is 4.90 Å². The third-order valence-electron chi connectivity index (χ3n) is 3.09. The lowest BCUT2D eigenvalue weighted by Gasteiger charge is -2.36. The number of halogens is 3. The molecule has 1 N–H and O–H groups in total. The van der Waals surface area contributed by atoms with Gasteiger partial charge in [-0.15, -0.1) is 0 Å². The van der Waals surface area contributed by atoms with Crippen molar-refractivity contribution in [3.05, 3.63) is 24.0 Å². The van der Waals surface area contributed by atoms with Crippen molar-refractivity contribution in [1.82, 2.24) is 14.8 Å². The topological polar surface area (TPSA) is 20.2 Å². The molecular formula is C11H16F3N3. The van der Waals surface area contributed by atoms with E-state index in [1.807, 2.05) is 0 Å². The number of alkyl halides is 3. The summed E-state index contributed by atoms with van der Waals surface area (Å²) in [5.74, 6) is 0. The third kappa shape index (κ3) is 2.63. The second-order valence-electron chi connectivity index (χ2n) is 4.27. The maximum Gasteiger partial charge on any atom is 0.409 e. The van der Waals surface area contributed by atoms with Crippen LogP contribution in [0.2, 0.25) is 0 Å². The first-order chi connectivity index (χ1) is 8.00. The molecular weight excluding hydrogens is 231 g/mol. The van der Waals surface area contributed by atoms with Gasteiger partial charge in [0, 0.05) is 45.1 Å². The van der Waals surface area contributed by atoms with Crippen LogP contribution in [0.15, 0.2) is 18.3 Å². The standard InChI is InChI=1S/C11H16F3N3/c1-16-6-2-3-9(16)10(11(12,13)14)17-7-4-15-5-8-17/h2-3,6,10,15H,4-5,7-8H2,1H3/t10-/m1/s1. The van der Waals surface area contributed by atoms with Crippen molar-refractivity contribution in [3.8, 4) is 0 Å². The van der Waals surface area contributed by atoms with E-state index < -0.39 is 12.2 Å². The summed E-state index contributed by atoms with van der Waals surface area (Å²) in [6.45, 7) is 2.07.